The number of halogens is 1. The number of hydrogen-bond donors (Lipinski definition) is 1. The fourth-order valence-corrected chi connectivity index (χ4v) is 5.71. The molecule has 1 saturated heterocycles. The Bertz CT molecular complexity index is 922. The van der Waals surface area contributed by atoms with Crippen molar-refractivity contribution in [3.63, 3.8) is 0 Å². The Morgan fingerprint density at radius 3 is 2.57 bits per heavy atom. The number of nitrogens with zero attached hydrogens (tertiary/aromatic N) is 1. The number of rotatable bonds is 4. The molecule has 151 valence electrons. The van der Waals surface area contributed by atoms with E-state index in [1.807, 2.05) is 18.6 Å². The molecule has 3 aliphatic rings. The maximum absolute atomic E-state index is 13.2. The first kappa shape index (κ1) is 19.2. The van der Waals surface area contributed by atoms with Crippen LogP contribution >= 0.6 is 0 Å². The van der Waals surface area contributed by atoms with Crippen molar-refractivity contribution in [1.29, 1.82) is 0 Å². The van der Waals surface area contributed by atoms with Crippen LogP contribution in [0.25, 0.3) is 0 Å². The summed E-state index contributed by atoms with van der Waals surface area (Å²) in [5.41, 5.74) is 1.57. The average Bonchev–Trinajstić information content (AvgIpc) is 3.23. The summed E-state index contributed by atoms with van der Waals surface area (Å²) in [7, 11) is -3.79. The number of hydrogen-bond acceptors (Lipinski definition) is 3. The number of nitrogens with one attached hydrogen (secondary N) is 1. The summed E-state index contributed by atoms with van der Waals surface area (Å²) in [6.45, 7) is 0.367. The molecule has 1 amide bonds. The Kier molecular flexibility index (Phi) is 5.27. The van der Waals surface area contributed by atoms with Gasteiger partial charge in [-0.25, -0.2) is 12.8 Å². The summed E-state index contributed by atoms with van der Waals surface area (Å²) in [6, 6.07) is 4.56. The number of carbonyl (C=O) groups is 1. The molecule has 1 saturated carbocycles. The van der Waals surface area contributed by atoms with Gasteiger partial charge in [0.1, 0.15) is 5.82 Å². The normalized spacial score (nSPS) is 23.0. The van der Waals surface area contributed by atoms with E-state index in [0.29, 0.717) is 12.2 Å². The van der Waals surface area contributed by atoms with Crippen molar-refractivity contribution in [1.82, 2.24) is 9.62 Å². The Morgan fingerprint density at radius 1 is 1.14 bits per heavy atom. The summed E-state index contributed by atoms with van der Waals surface area (Å²) >= 11 is 0. The molecule has 1 aliphatic heterocycles. The van der Waals surface area contributed by atoms with Crippen LogP contribution in [0.5, 0.6) is 0 Å². The Labute approximate surface area is 166 Å². The minimum absolute atomic E-state index is 0. The van der Waals surface area contributed by atoms with Gasteiger partial charge in [-0.05, 0) is 61.6 Å². The molecule has 28 heavy (non-hydrogen) atoms. The van der Waals surface area contributed by atoms with Gasteiger partial charge in [0.05, 0.1) is 16.6 Å². The second-order valence-electron chi connectivity index (χ2n) is 7.59. The van der Waals surface area contributed by atoms with E-state index in [1.54, 1.807) is 0 Å². The topological polar surface area (TPSA) is 66.5 Å². The molecule has 1 aromatic rings. The second-order valence-corrected chi connectivity index (χ2v) is 9.45. The first-order valence-corrected chi connectivity index (χ1v) is 11.2. The smallest absolute Gasteiger partial charge is 0.264 e. The van der Waals surface area contributed by atoms with Crippen LogP contribution in [0.3, 0.4) is 0 Å². The van der Waals surface area contributed by atoms with Crippen LogP contribution in [-0.2, 0) is 14.8 Å². The monoisotopic (exact) mass is 405 g/mol. The first-order valence-electron chi connectivity index (χ1n) is 9.80. The van der Waals surface area contributed by atoms with Crippen molar-refractivity contribution < 1.29 is 19.0 Å². The molecule has 7 heteroatoms. The molecule has 1 atom stereocenters. The van der Waals surface area contributed by atoms with Gasteiger partial charge in [0, 0.05) is 20.3 Å². The summed E-state index contributed by atoms with van der Waals surface area (Å²) in [4.78, 5) is 12.5. The number of piperidine rings is 1. The van der Waals surface area contributed by atoms with E-state index in [4.69, 9.17) is 0 Å². The zero-order chi connectivity index (χ0) is 19.7. The second kappa shape index (κ2) is 7.70. The molecule has 0 spiro atoms. The van der Waals surface area contributed by atoms with Crippen LogP contribution in [0, 0.1) is 18.2 Å². The minimum atomic E-state index is -3.79. The molecule has 4 rings (SSSR count). The van der Waals surface area contributed by atoms with Crippen LogP contribution in [0.4, 0.5) is 4.39 Å². The molecule has 2 fully saturated rings. The van der Waals surface area contributed by atoms with E-state index in [2.05, 4.69) is 5.32 Å². The summed E-state index contributed by atoms with van der Waals surface area (Å²) in [6.07, 6.45) is 11.2. The maximum atomic E-state index is 13.2. The highest BCUT2D eigenvalue weighted by Crippen LogP contribution is 2.35. The summed E-state index contributed by atoms with van der Waals surface area (Å²) in [5.74, 6) is -0.377. The molecule has 2 aliphatic carbocycles. The molecule has 5 nitrogen and oxygen atoms in total. The fraction of sp³-hybridized carbons (Fsp3) is 0.429. The first-order chi connectivity index (χ1) is 13.4. The number of fused-ring (bicyclic) bond motifs is 1. The van der Waals surface area contributed by atoms with Crippen LogP contribution in [-0.4, -0.2) is 31.2 Å². The van der Waals surface area contributed by atoms with Gasteiger partial charge in [0.2, 0.25) is 5.91 Å². The summed E-state index contributed by atoms with van der Waals surface area (Å²) in [5, 5.41) is 3.03. The number of sulfonamides is 1. The average molecular weight is 406 g/mol. The standard InChI is InChI=1S/C21H24FN2O3S.H2/c22-17-8-11-19(12-9-17)28(26,27)24-13-3-6-15-7-10-18(14-20(15)24)23-21(25)16-4-1-2-5-16;/h7-12,14,16,18H,1-6,13H2,(H,23,25);1H. The van der Waals surface area contributed by atoms with Gasteiger partial charge in [0.15, 0.2) is 0 Å². The predicted octanol–water partition coefficient (Wildman–Crippen LogP) is 3.56. The van der Waals surface area contributed by atoms with Crippen LogP contribution in [0.15, 0.2) is 52.6 Å². The molecule has 1 unspecified atom stereocenters. The van der Waals surface area contributed by atoms with Crippen molar-refractivity contribution in [2.75, 3.05) is 6.54 Å². The van der Waals surface area contributed by atoms with Gasteiger partial charge in [0.25, 0.3) is 10.0 Å². The third kappa shape index (κ3) is 3.72. The van der Waals surface area contributed by atoms with E-state index in [1.165, 1.54) is 16.4 Å². The van der Waals surface area contributed by atoms with E-state index >= 15 is 0 Å². The molecule has 0 bridgehead atoms. The van der Waals surface area contributed by atoms with Gasteiger partial charge < -0.3 is 5.32 Å². The number of amides is 1. The van der Waals surface area contributed by atoms with Crippen molar-refractivity contribution in [2.45, 2.75) is 49.5 Å². The fourth-order valence-electron chi connectivity index (χ4n) is 4.17. The van der Waals surface area contributed by atoms with Gasteiger partial charge in [-0.3, -0.25) is 9.10 Å². The number of carbonyl (C=O) groups excluding carboxylic acids is 1. The minimum Gasteiger partial charge on any atom is -0.349 e. The van der Waals surface area contributed by atoms with Crippen molar-refractivity contribution in [2.24, 2.45) is 5.92 Å². The lowest BCUT2D eigenvalue weighted by molar-refractivity contribution is -0.125. The third-order valence-corrected chi connectivity index (χ3v) is 7.51. The highest BCUT2D eigenvalue weighted by Gasteiger charge is 2.34. The maximum Gasteiger partial charge on any atom is 0.264 e. The number of benzene rings is 1. The van der Waals surface area contributed by atoms with Crippen molar-refractivity contribution in [3.8, 4) is 0 Å². The van der Waals surface area contributed by atoms with E-state index in [-0.39, 0.29) is 24.2 Å². The van der Waals surface area contributed by atoms with Crippen LogP contribution < -0.4 is 5.32 Å². The van der Waals surface area contributed by atoms with Crippen LogP contribution in [0.1, 0.15) is 40.0 Å². The van der Waals surface area contributed by atoms with Crippen molar-refractivity contribution in [3.05, 3.63) is 59.9 Å². The lowest BCUT2D eigenvalue weighted by Crippen LogP contribution is -2.42. The summed E-state index contributed by atoms with van der Waals surface area (Å²) < 4.78 is 40.9. The molecule has 1 aromatic carbocycles. The highest BCUT2D eigenvalue weighted by molar-refractivity contribution is 7.89. The molecule has 0 aromatic heterocycles. The molecule has 1 radical (unpaired) electrons. The third-order valence-electron chi connectivity index (χ3n) is 5.68. The van der Waals surface area contributed by atoms with E-state index < -0.39 is 15.8 Å². The molecular weight excluding hydrogens is 379 g/mol. The Morgan fingerprint density at radius 2 is 1.86 bits per heavy atom. The van der Waals surface area contributed by atoms with Gasteiger partial charge in [-0.2, -0.15) is 0 Å². The Balaban J connectivity index is 0.00000240. The molecule has 1 N–H and O–H groups in total. The van der Waals surface area contributed by atoms with Crippen molar-refractivity contribution >= 4 is 15.9 Å². The zero-order valence-corrected chi connectivity index (χ0v) is 16.4. The Hall–Kier alpha value is -2.15. The highest BCUT2D eigenvalue weighted by atomic mass is 32.2. The van der Waals surface area contributed by atoms with Crippen LogP contribution in [0.2, 0.25) is 0 Å². The predicted molar refractivity (Wildman–Crippen MR) is 106 cm³/mol. The lowest BCUT2D eigenvalue weighted by atomic mass is 9.93. The zero-order valence-electron chi connectivity index (χ0n) is 15.6. The number of allylic oxidation sites excluding steroid dienone is 1. The van der Waals surface area contributed by atoms with E-state index in [0.717, 1.165) is 56.2 Å². The lowest BCUT2D eigenvalue weighted by Gasteiger charge is -2.35. The van der Waals surface area contributed by atoms with Gasteiger partial charge in [-0.1, -0.05) is 18.9 Å². The van der Waals surface area contributed by atoms with E-state index in [9.17, 15) is 17.6 Å². The van der Waals surface area contributed by atoms with Gasteiger partial charge in [-0.15, -0.1) is 0 Å². The largest absolute Gasteiger partial charge is 0.349 e. The molecular formula is C21H26FN2O3S. The molecule has 1 heterocycles. The van der Waals surface area contributed by atoms with Gasteiger partial charge >= 0.3 is 0 Å². The SMILES string of the molecule is O=C(NC1[CH]C=C2CCCN(S(=O)(=O)c3ccc(F)cc3)C2=C1)C1CCCC1.[HH]. The quantitative estimate of drug-likeness (QED) is 0.833.